The van der Waals surface area contributed by atoms with Crippen LogP contribution in [0.15, 0.2) is 52.6 Å². The van der Waals surface area contributed by atoms with E-state index in [1.54, 1.807) is 25.1 Å². The van der Waals surface area contributed by atoms with E-state index in [0.29, 0.717) is 10.7 Å². The number of esters is 1. The Morgan fingerprint density at radius 1 is 1.18 bits per heavy atom. The van der Waals surface area contributed by atoms with E-state index in [-0.39, 0.29) is 33.6 Å². The van der Waals surface area contributed by atoms with E-state index >= 15 is 0 Å². The van der Waals surface area contributed by atoms with Crippen molar-refractivity contribution in [2.75, 3.05) is 11.9 Å². The number of hydrogen-bond acceptors (Lipinski definition) is 6. The summed E-state index contributed by atoms with van der Waals surface area (Å²) in [6, 6.07) is 8.97. The Balaban J connectivity index is 1.88. The van der Waals surface area contributed by atoms with Crippen LogP contribution in [0, 0.1) is 11.6 Å². The van der Waals surface area contributed by atoms with Gasteiger partial charge in [-0.25, -0.2) is 13.6 Å². The highest BCUT2D eigenvalue weighted by Gasteiger charge is 2.23. The van der Waals surface area contributed by atoms with Gasteiger partial charge in [0, 0.05) is 21.4 Å². The third-order valence-corrected chi connectivity index (χ3v) is 5.71. The molecule has 33 heavy (non-hydrogen) atoms. The molecule has 0 aliphatic carbocycles. The molecule has 1 amide bonds. The summed E-state index contributed by atoms with van der Waals surface area (Å²) in [7, 11) is 0. The third kappa shape index (κ3) is 4.35. The summed E-state index contributed by atoms with van der Waals surface area (Å²) in [6.45, 7) is 1.71. The molecule has 4 aromatic rings. The van der Waals surface area contributed by atoms with E-state index in [9.17, 15) is 23.2 Å². The third-order valence-electron chi connectivity index (χ3n) is 4.58. The SMILES string of the molecule is CCOC(=O)c1nn(-c2cccc(Cl)c2)c(=O)c2c(NC(=O)c3ccc(F)c(F)c3)scc12. The molecule has 0 fully saturated rings. The zero-order valence-corrected chi connectivity index (χ0v) is 18.5. The van der Waals surface area contributed by atoms with Crippen molar-refractivity contribution >= 4 is 50.6 Å². The van der Waals surface area contributed by atoms with Crippen LogP contribution in [0.1, 0.15) is 27.8 Å². The average molecular weight is 490 g/mol. The number of hydrogen-bond donors (Lipinski definition) is 1. The van der Waals surface area contributed by atoms with E-state index in [2.05, 4.69) is 10.4 Å². The van der Waals surface area contributed by atoms with Gasteiger partial charge < -0.3 is 10.1 Å². The molecule has 0 aliphatic rings. The molecular weight excluding hydrogens is 476 g/mol. The monoisotopic (exact) mass is 489 g/mol. The lowest BCUT2D eigenvalue weighted by Crippen LogP contribution is -2.25. The van der Waals surface area contributed by atoms with Crippen LogP contribution < -0.4 is 10.9 Å². The second-order valence-electron chi connectivity index (χ2n) is 6.70. The number of carbonyl (C=O) groups excluding carboxylic acids is 2. The molecule has 0 atom stereocenters. The fraction of sp³-hybridized carbons (Fsp3) is 0.0909. The minimum Gasteiger partial charge on any atom is -0.461 e. The molecule has 168 valence electrons. The molecule has 0 bridgehead atoms. The summed E-state index contributed by atoms with van der Waals surface area (Å²) in [5.41, 5.74) is -0.604. The normalized spacial score (nSPS) is 10.9. The first-order chi connectivity index (χ1) is 15.8. The van der Waals surface area contributed by atoms with E-state index in [0.717, 1.165) is 34.2 Å². The number of fused-ring (bicyclic) bond motifs is 1. The molecule has 0 unspecified atom stereocenters. The first kappa shape index (κ1) is 22.6. The zero-order valence-electron chi connectivity index (χ0n) is 16.9. The quantitative estimate of drug-likeness (QED) is 0.406. The molecule has 0 spiro atoms. The van der Waals surface area contributed by atoms with Gasteiger partial charge >= 0.3 is 5.97 Å². The Kier molecular flexibility index (Phi) is 6.21. The second kappa shape index (κ2) is 9.08. The molecule has 0 saturated carbocycles. The fourth-order valence-corrected chi connectivity index (χ4v) is 4.20. The fourth-order valence-electron chi connectivity index (χ4n) is 3.09. The molecule has 2 aromatic carbocycles. The largest absolute Gasteiger partial charge is 0.461 e. The summed E-state index contributed by atoms with van der Waals surface area (Å²) >= 11 is 7.02. The first-order valence-electron chi connectivity index (χ1n) is 9.54. The van der Waals surface area contributed by atoms with Crippen molar-refractivity contribution in [3.05, 3.63) is 86.1 Å². The van der Waals surface area contributed by atoms with Crippen LogP contribution in [0.2, 0.25) is 5.02 Å². The average Bonchev–Trinajstić information content (AvgIpc) is 3.20. The molecule has 7 nitrogen and oxygen atoms in total. The van der Waals surface area contributed by atoms with E-state index in [1.807, 2.05) is 0 Å². The van der Waals surface area contributed by atoms with Crippen LogP contribution in [-0.4, -0.2) is 28.3 Å². The van der Waals surface area contributed by atoms with Crippen LogP contribution in [0.5, 0.6) is 0 Å². The van der Waals surface area contributed by atoms with E-state index in [4.69, 9.17) is 16.3 Å². The van der Waals surface area contributed by atoms with Crippen LogP contribution in [0.3, 0.4) is 0 Å². The molecule has 0 aliphatic heterocycles. The van der Waals surface area contributed by atoms with Crippen molar-refractivity contribution in [1.29, 1.82) is 0 Å². The predicted octanol–water partition coefficient (Wildman–Crippen LogP) is 4.81. The van der Waals surface area contributed by atoms with Crippen LogP contribution in [-0.2, 0) is 4.74 Å². The lowest BCUT2D eigenvalue weighted by molar-refractivity contribution is 0.0520. The number of nitrogens with one attached hydrogen (secondary N) is 1. The zero-order chi connectivity index (χ0) is 23.7. The number of carbonyl (C=O) groups is 2. The highest BCUT2D eigenvalue weighted by molar-refractivity contribution is 7.16. The number of benzene rings is 2. The Morgan fingerprint density at radius 2 is 1.97 bits per heavy atom. The van der Waals surface area contributed by atoms with Crippen molar-refractivity contribution in [2.45, 2.75) is 6.92 Å². The number of thiophene rings is 1. The Labute approximate surface area is 194 Å². The van der Waals surface area contributed by atoms with Gasteiger partial charge in [-0.1, -0.05) is 17.7 Å². The highest BCUT2D eigenvalue weighted by Crippen LogP contribution is 2.31. The summed E-state index contributed by atoms with van der Waals surface area (Å²) in [4.78, 5) is 38.5. The van der Waals surface area contributed by atoms with Crippen molar-refractivity contribution in [3.63, 3.8) is 0 Å². The van der Waals surface area contributed by atoms with Crippen molar-refractivity contribution in [1.82, 2.24) is 9.78 Å². The van der Waals surface area contributed by atoms with Crippen molar-refractivity contribution in [3.8, 4) is 5.69 Å². The maximum absolute atomic E-state index is 13.5. The maximum Gasteiger partial charge on any atom is 0.359 e. The van der Waals surface area contributed by atoms with Gasteiger partial charge in [-0.3, -0.25) is 9.59 Å². The Bertz CT molecular complexity index is 1470. The number of nitrogens with zero attached hydrogens (tertiary/aromatic N) is 2. The molecular formula is C22H14ClF2N3O4S. The molecule has 2 aromatic heterocycles. The van der Waals surface area contributed by atoms with Gasteiger partial charge in [-0.2, -0.15) is 9.78 Å². The molecule has 11 heteroatoms. The van der Waals surface area contributed by atoms with Crippen LogP contribution >= 0.6 is 22.9 Å². The van der Waals surface area contributed by atoms with Crippen LogP contribution in [0.4, 0.5) is 13.8 Å². The number of ether oxygens (including phenoxy) is 1. The van der Waals surface area contributed by atoms with Crippen molar-refractivity contribution < 1.29 is 23.1 Å². The van der Waals surface area contributed by atoms with Gasteiger partial charge in [0.1, 0.15) is 5.00 Å². The van der Waals surface area contributed by atoms with Crippen LogP contribution in [0.25, 0.3) is 16.5 Å². The first-order valence-corrected chi connectivity index (χ1v) is 10.8. The lowest BCUT2D eigenvalue weighted by Gasteiger charge is -2.10. The number of rotatable bonds is 5. The van der Waals surface area contributed by atoms with E-state index < -0.39 is 29.1 Å². The molecule has 0 radical (unpaired) electrons. The predicted molar refractivity (Wildman–Crippen MR) is 120 cm³/mol. The van der Waals surface area contributed by atoms with Crippen molar-refractivity contribution in [2.24, 2.45) is 0 Å². The maximum atomic E-state index is 13.5. The van der Waals surface area contributed by atoms with E-state index in [1.165, 1.54) is 11.4 Å². The highest BCUT2D eigenvalue weighted by atomic mass is 35.5. The molecule has 4 rings (SSSR count). The minimum atomic E-state index is -1.18. The van der Waals surface area contributed by atoms with Gasteiger partial charge in [-0.05, 0) is 43.3 Å². The Morgan fingerprint density at radius 3 is 2.67 bits per heavy atom. The second-order valence-corrected chi connectivity index (χ2v) is 8.02. The molecule has 0 saturated heterocycles. The number of halogens is 3. The Hall–Kier alpha value is -3.63. The standard InChI is InChI=1S/C22H14ClF2N3O4S/c1-2-32-22(31)18-14-10-33-20(26-19(29)11-6-7-15(24)16(25)8-11)17(14)21(30)28(27-18)13-5-3-4-12(23)9-13/h3-10H,2H2,1H3,(H,26,29). The lowest BCUT2D eigenvalue weighted by atomic mass is 10.2. The molecule has 2 heterocycles. The van der Waals surface area contributed by atoms with Gasteiger partial charge in [0.2, 0.25) is 0 Å². The summed E-state index contributed by atoms with van der Waals surface area (Å²) < 4.78 is 32.8. The topological polar surface area (TPSA) is 90.3 Å². The minimum absolute atomic E-state index is 0.00830. The van der Waals surface area contributed by atoms with Gasteiger partial charge in [0.15, 0.2) is 17.3 Å². The molecule has 1 N–H and O–H groups in total. The number of amides is 1. The smallest absolute Gasteiger partial charge is 0.359 e. The summed E-state index contributed by atoms with van der Waals surface area (Å²) in [6.07, 6.45) is 0. The number of anilines is 1. The van der Waals surface area contributed by atoms with Gasteiger partial charge in [-0.15, -0.1) is 11.3 Å². The summed E-state index contributed by atoms with van der Waals surface area (Å²) in [5, 5.41) is 8.83. The summed E-state index contributed by atoms with van der Waals surface area (Å²) in [5.74, 6) is -3.80. The number of aromatic nitrogens is 2. The van der Waals surface area contributed by atoms with Gasteiger partial charge in [0.05, 0.1) is 17.7 Å². The van der Waals surface area contributed by atoms with Gasteiger partial charge in [0.25, 0.3) is 11.5 Å².